The van der Waals surface area contributed by atoms with Crippen molar-refractivity contribution in [2.24, 2.45) is 0 Å². The summed E-state index contributed by atoms with van der Waals surface area (Å²) in [5.74, 6) is -0.483. The zero-order chi connectivity index (χ0) is 11.0. The first-order valence-corrected chi connectivity index (χ1v) is 5.48. The molecule has 2 N–H and O–H groups in total. The normalized spacial score (nSPS) is 10.4. The smallest absolute Gasteiger partial charge is 1.00 e. The molecule has 0 amide bonds. The Morgan fingerprint density at radius 1 is 1.38 bits per heavy atom. The quantitative estimate of drug-likeness (QED) is 0.165. The van der Waals surface area contributed by atoms with Crippen molar-refractivity contribution in [3.63, 3.8) is 0 Å². The fourth-order valence-corrected chi connectivity index (χ4v) is 0.966. The first kappa shape index (κ1) is 22.5. The maximum atomic E-state index is 10.7. The van der Waals surface area contributed by atoms with Crippen molar-refractivity contribution in [1.82, 2.24) is 0 Å². The van der Waals surface area contributed by atoms with E-state index >= 15 is 0 Å². The van der Waals surface area contributed by atoms with E-state index < -0.39 is 13.8 Å². The molecule has 0 radical (unpaired) electrons. The van der Waals surface area contributed by atoms with Crippen LogP contribution in [0.4, 0.5) is 0 Å². The molecule has 86 valence electrons. The second-order valence-corrected chi connectivity index (χ2v) is 3.58. The van der Waals surface area contributed by atoms with Crippen LogP contribution in [-0.4, -0.2) is 29.0 Å². The maximum Gasteiger partial charge on any atom is 1.00 e. The van der Waals surface area contributed by atoms with Crippen LogP contribution in [0.5, 0.6) is 0 Å². The zero-order valence-electron chi connectivity index (χ0n) is 11.8. The van der Waals surface area contributed by atoms with Crippen molar-refractivity contribution in [2.75, 3.05) is 13.2 Å². The Bertz CT molecular complexity index is 260. The van der Waals surface area contributed by atoms with Gasteiger partial charge in [0.25, 0.3) is 0 Å². The summed E-state index contributed by atoms with van der Waals surface area (Å²) in [6, 6.07) is 0. The van der Waals surface area contributed by atoms with E-state index in [-0.39, 0.29) is 81.6 Å². The molecule has 16 heavy (non-hydrogen) atoms. The molecule has 0 unspecified atom stereocenters. The minimum atomic E-state index is -4.40. The van der Waals surface area contributed by atoms with E-state index in [0.29, 0.717) is 0 Å². The van der Waals surface area contributed by atoms with Gasteiger partial charge in [0.1, 0.15) is 0 Å². The maximum absolute atomic E-state index is 10.7. The number of phosphoric acid groups is 1. The standard InChI is InChI=1S/C7H13O6P.2Na.2H/c1-2-4-7(8)12-5-3-6-13-14(9,10)11;;;;/h2,4H,3,5-6H2,1H3,(H2,9,10,11);;;;/q;2*+1;2*-1. The summed E-state index contributed by atoms with van der Waals surface area (Å²) in [5, 5.41) is 0. The monoisotopic (exact) mass is 272 g/mol. The van der Waals surface area contributed by atoms with Gasteiger partial charge in [-0.2, -0.15) is 0 Å². The number of carbonyl (C=O) groups excluding carboxylic acids is 1. The van der Waals surface area contributed by atoms with E-state index in [1.165, 1.54) is 12.2 Å². The van der Waals surface area contributed by atoms with Crippen LogP contribution in [0.1, 0.15) is 16.2 Å². The second kappa shape index (κ2) is 12.8. The molecule has 0 aromatic heterocycles. The Balaban J connectivity index is -0.000000141. The number of carbonyl (C=O) groups is 1. The number of allylic oxidation sites excluding steroid dienone is 1. The average Bonchev–Trinajstić information content (AvgIpc) is 2.02. The Hall–Kier alpha value is 1.32. The van der Waals surface area contributed by atoms with Gasteiger partial charge in [-0.25, -0.2) is 9.36 Å². The molecule has 0 spiro atoms. The molecule has 0 aliphatic heterocycles. The number of ether oxygens (including phenoxy) is 1. The molecule has 0 heterocycles. The number of hydrogen-bond acceptors (Lipinski definition) is 4. The van der Waals surface area contributed by atoms with Crippen LogP contribution in [-0.2, 0) is 18.6 Å². The fraction of sp³-hybridized carbons (Fsp3) is 0.571. The van der Waals surface area contributed by atoms with Crippen LogP contribution in [0.3, 0.4) is 0 Å². The minimum absolute atomic E-state index is 0. The summed E-state index contributed by atoms with van der Waals surface area (Å²) in [7, 11) is -4.40. The van der Waals surface area contributed by atoms with E-state index in [9.17, 15) is 9.36 Å². The molecular weight excluding hydrogens is 257 g/mol. The van der Waals surface area contributed by atoms with Crippen LogP contribution in [0.2, 0.25) is 0 Å². The van der Waals surface area contributed by atoms with Gasteiger partial charge in [-0.05, 0) is 6.92 Å². The predicted octanol–water partition coefficient (Wildman–Crippen LogP) is -5.16. The molecule has 0 fully saturated rings. The van der Waals surface area contributed by atoms with Crippen LogP contribution in [0, 0.1) is 0 Å². The van der Waals surface area contributed by atoms with Gasteiger partial charge >= 0.3 is 72.9 Å². The van der Waals surface area contributed by atoms with Gasteiger partial charge in [-0.1, -0.05) is 6.08 Å². The van der Waals surface area contributed by atoms with Crippen LogP contribution >= 0.6 is 7.82 Å². The molecule has 6 nitrogen and oxygen atoms in total. The fourth-order valence-electron chi connectivity index (χ4n) is 0.599. The molecule has 0 saturated carbocycles. The number of hydrogen-bond donors (Lipinski definition) is 2. The average molecular weight is 272 g/mol. The summed E-state index contributed by atoms with van der Waals surface area (Å²) in [6.07, 6.45) is 3.03. The van der Waals surface area contributed by atoms with Crippen molar-refractivity contribution in [3.05, 3.63) is 12.2 Å². The van der Waals surface area contributed by atoms with Crippen molar-refractivity contribution in [2.45, 2.75) is 13.3 Å². The van der Waals surface area contributed by atoms with E-state index in [4.69, 9.17) is 9.79 Å². The molecule has 0 atom stereocenters. The summed E-state index contributed by atoms with van der Waals surface area (Å²) in [5.41, 5.74) is 0. The van der Waals surface area contributed by atoms with E-state index in [2.05, 4.69) is 9.26 Å². The zero-order valence-corrected chi connectivity index (χ0v) is 14.6. The van der Waals surface area contributed by atoms with E-state index in [1.807, 2.05) is 0 Å². The van der Waals surface area contributed by atoms with Gasteiger partial charge in [0, 0.05) is 12.5 Å². The molecule has 0 saturated heterocycles. The third-order valence-corrected chi connectivity index (χ3v) is 1.61. The summed E-state index contributed by atoms with van der Waals surface area (Å²) in [4.78, 5) is 27.3. The molecule has 0 aromatic carbocycles. The van der Waals surface area contributed by atoms with Crippen molar-refractivity contribution in [1.29, 1.82) is 0 Å². The summed E-state index contributed by atoms with van der Waals surface area (Å²) in [6.45, 7) is 1.61. The van der Waals surface area contributed by atoms with Crippen molar-refractivity contribution < 1.29 is 90.4 Å². The van der Waals surface area contributed by atoms with Gasteiger partial charge in [0.05, 0.1) is 13.2 Å². The van der Waals surface area contributed by atoms with Gasteiger partial charge in [-0.15, -0.1) is 0 Å². The third-order valence-electron chi connectivity index (χ3n) is 1.10. The molecule has 9 heteroatoms. The molecule has 0 aliphatic rings. The van der Waals surface area contributed by atoms with E-state index in [1.54, 1.807) is 6.92 Å². The Morgan fingerprint density at radius 2 is 1.94 bits per heavy atom. The Morgan fingerprint density at radius 3 is 2.38 bits per heavy atom. The first-order valence-electron chi connectivity index (χ1n) is 3.95. The SMILES string of the molecule is CC=CC(=O)OCCCOP(=O)(O)O.[H-].[H-].[Na+].[Na+]. The topological polar surface area (TPSA) is 93.1 Å². The largest absolute Gasteiger partial charge is 1.00 e. The number of esters is 1. The predicted molar refractivity (Wildman–Crippen MR) is 50.6 cm³/mol. The Kier molecular flexibility index (Phi) is 18.0. The minimum Gasteiger partial charge on any atom is -1.00 e. The van der Waals surface area contributed by atoms with Crippen molar-refractivity contribution in [3.8, 4) is 0 Å². The van der Waals surface area contributed by atoms with Crippen LogP contribution in [0.15, 0.2) is 12.2 Å². The number of phosphoric ester groups is 1. The molecular formula is C7H15Na2O6P. The molecule has 0 rings (SSSR count). The second-order valence-electron chi connectivity index (χ2n) is 2.34. The molecule has 0 bridgehead atoms. The molecule has 0 aliphatic carbocycles. The van der Waals surface area contributed by atoms with Crippen LogP contribution in [0.25, 0.3) is 0 Å². The van der Waals surface area contributed by atoms with Crippen LogP contribution < -0.4 is 59.1 Å². The molecule has 0 aromatic rings. The van der Waals surface area contributed by atoms with Crippen molar-refractivity contribution >= 4 is 13.8 Å². The van der Waals surface area contributed by atoms with Gasteiger partial charge in [0.2, 0.25) is 0 Å². The van der Waals surface area contributed by atoms with Gasteiger partial charge < -0.3 is 17.4 Å². The Labute approximate surface area is 142 Å². The van der Waals surface area contributed by atoms with Gasteiger partial charge in [-0.3, -0.25) is 4.52 Å². The first-order chi connectivity index (χ1) is 6.45. The number of rotatable bonds is 6. The third kappa shape index (κ3) is 17.7. The van der Waals surface area contributed by atoms with Gasteiger partial charge in [0.15, 0.2) is 0 Å². The summed E-state index contributed by atoms with van der Waals surface area (Å²) >= 11 is 0. The van der Waals surface area contributed by atoms with E-state index in [0.717, 1.165) is 0 Å². The summed E-state index contributed by atoms with van der Waals surface area (Å²) < 4.78 is 19.0.